The summed E-state index contributed by atoms with van der Waals surface area (Å²) in [7, 11) is 5.65. The molecular weight excluding hydrogens is 495 g/mol. The molecule has 0 aromatic carbocycles. The third-order valence-corrected chi connectivity index (χ3v) is 4.62. The van der Waals surface area contributed by atoms with E-state index in [4.69, 9.17) is 4.74 Å². The van der Waals surface area contributed by atoms with E-state index in [0.29, 0.717) is 19.0 Å². The Hall–Kier alpha value is -1.78. The van der Waals surface area contributed by atoms with Gasteiger partial charge >= 0.3 is 6.09 Å². The minimum atomic E-state index is -0.531. The standard InChI is InChI=1S/C21H38N6O2.HI/c1-9-21(10-2,26-19(28)29-20(3,4)5)15-24-18(22-6)23-14-16-12-11-13-17(25-16)27(7)8;/h11-13H,9-10,14-15H2,1-8H3,(H,26,28)(H2,22,23,24);1H. The molecule has 8 nitrogen and oxygen atoms in total. The van der Waals surface area contributed by atoms with E-state index in [1.165, 1.54) is 0 Å². The van der Waals surface area contributed by atoms with Crippen LogP contribution in [0, 0.1) is 0 Å². The van der Waals surface area contributed by atoms with Crippen LogP contribution in [0.2, 0.25) is 0 Å². The molecule has 0 fully saturated rings. The predicted molar refractivity (Wildman–Crippen MR) is 135 cm³/mol. The molecule has 1 aromatic heterocycles. The van der Waals surface area contributed by atoms with Gasteiger partial charge in [-0.25, -0.2) is 9.78 Å². The number of hydrogen-bond donors (Lipinski definition) is 3. The summed E-state index contributed by atoms with van der Waals surface area (Å²) >= 11 is 0. The van der Waals surface area contributed by atoms with E-state index in [9.17, 15) is 4.79 Å². The summed E-state index contributed by atoms with van der Waals surface area (Å²) in [6.45, 7) is 10.8. The molecule has 0 atom stereocenters. The lowest BCUT2D eigenvalue weighted by Gasteiger charge is -2.34. The van der Waals surface area contributed by atoms with Crippen molar-refractivity contribution in [1.82, 2.24) is 20.9 Å². The number of aromatic nitrogens is 1. The van der Waals surface area contributed by atoms with Crippen molar-refractivity contribution in [3.05, 3.63) is 23.9 Å². The first kappa shape index (κ1) is 28.2. The average molecular weight is 534 g/mol. The molecule has 0 aliphatic heterocycles. The van der Waals surface area contributed by atoms with Crippen LogP contribution in [0.25, 0.3) is 0 Å². The highest BCUT2D eigenvalue weighted by Gasteiger charge is 2.30. The van der Waals surface area contributed by atoms with E-state index < -0.39 is 17.2 Å². The normalized spacial score (nSPS) is 11.9. The van der Waals surface area contributed by atoms with Gasteiger partial charge in [0, 0.05) is 27.7 Å². The van der Waals surface area contributed by atoms with Crippen molar-refractivity contribution in [2.75, 3.05) is 32.6 Å². The van der Waals surface area contributed by atoms with Crippen LogP contribution in [0.5, 0.6) is 0 Å². The van der Waals surface area contributed by atoms with Crippen molar-refractivity contribution in [2.45, 2.75) is 65.1 Å². The smallest absolute Gasteiger partial charge is 0.408 e. The third-order valence-electron chi connectivity index (χ3n) is 4.62. The number of rotatable bonds is 8. The molecule has 0 saturated carbocycles. The zero-order valence-electron chi connectivity index (χ0n) is 19.6. The van der Waals surface area contributed by atoms with Crippen LogP contribution in [-0.4, -0.2) is 55.9 Å². The predicted octanol–water partition coefficient (Wildman–Crippen LogP) is 3.51. The summed E-state index contributed by atoms with van der Waals surface area (Å²) < 4.78 is 5.43. The van der Waals surface area contributed by atoms with Crippen LogP contribution >= 0.6 is 24.0 Å². The molecule has 172 valence electrons. The molecule has 0 saturated heterocycles. The first-order chi connectivity index (χ1) is 13.5. The number of halogens is 1. The van der Waals surface area contributed by atoms with Crippen LogP contribution in [0.4, 0.5) is 10.6 Å². The van der Waals surface area contributed by atoms with E-state index in [1.54, 1.807) is 7.05 Å². The molecule has 30 heavy (non-hydrogen) atoms. The Morgan fingerprint density at radius 1 is 1.17 bits per heavy atom. The van der Waals surface area contributed by atoms with Crippen LogP contribution in [-0.2, 0) is 11.3 Å². The maximum absolute atomic E-state index is 12.3. The Kier molecular flexibility index (Phi) is 12.1. The lowest BCUT2D eigenvalue weighted by Crippen LogP contribution is -2.57. The van der Waals surface area contributed by atoms with Gasteiger partial charge in [0.25, 0.3) is 0 Å². The van der Waals surface area contributed by atoms with Gasteiger partial charge in [-0.15, -0.1) is 24.0 Å². The van der Waals surface area contributed by atoms with Gasteiger partial charge in [-0.3, -0.25) is 4.99 Å². The average Bonchev–Trinajstić information content (AvgIpc) is 2.65. The molecule has 0 unspecified atom stereocenters. The quantitative estimate of drug-likeness (QED) is 0.269. The van der Waals surface area contributed by atoms with Crippen molar-refractivity contribution in [2.24, 2.45) is 4.99 Å². The molecule has 1 heterocycles. The summed E-state index contributed by atoms with van der Waals surface area (Å²) in [6, 6.07) is 5.93. The molecule has 0 radical (unpaired) electrons. The monoisotopic (exact) mass is 534 g/mol. The number of carbonyl (C=O) groups excluding carboxylic acids is 1. The second kappa shape index (κ2) is 12.8. The zero-order chi connectivity index (χ0) is 22.1. The largest absolute Gasteiger partial charge is 0.444 e. The van der Waals surface area contributed by atoms with Crippen LogP contribution in [0.15, 0.2) is 23.2 Å². The first-order valence-corrected chi connectivity index (χ1v) is 10.1. The Labute approximate surface area is 198 Å². The topological polar surface area (TPSA) is 90.9 Å². The number of ether oxygens (including phenoxy) is 1. The number of aliphatic imine (C=N–C) groups is 1. The second-order valence-corrected chi connectivity index (χ2v) is 8.28. The van der Waals surface area contributed by atoms with Gasteiger partial charge in [0.1, 0.15) is 11.4 Å². The van der Waals surface area contributed by atoms with Crippen molar-refractivity contribution in [3.8, 4) is 0 Å². The Bertz CT molecular complexity index is 684. The molecule has 9 heteroatoms. The van der Waals surface area contributed by atoms with E-state index in [1.807, 2.05) is 58.0 Å². The summed E-state index contributed by atoms with van der Waals surface area (Å²) in [5.74, 6) is 1.56. The fourth-order valence-electron chi connectivity index (χ4n) is 2.70. The minimum absolute atomic E-state index is 0. The van der Waals surface area contributed by atoms with E-state index in [-0.39, 0.29) is 24.0 Å². The fourth-order valence-corrected chi connectivity index (χ4v) is 2.70. The van der Waals surface area contributed by atoms with Crippen molar-refractivity contribution in [3.63, 3.8) is 0 Å². The van der Waals surface area contributed by atoms with Gasteiger partial charge in [-0.05, 0) is 45.7 Å². The van der Waals surface area contributed by atoms with Gasteiger partial charge in [0.2, 0.25) is 0 Å². The van der Waals surface area contributed by atoms with Crippen molar-refractivity contribution < 1.29 is 9.53 Å². The molecule has 0 aliphatic carbocycles. The number of guanidine groups is 1. The fraction of sp³-hybridized carbons (Fsp3) is 0.667. The number of carbonyl (C=O) groups is 1. The molecule has 1 amide bonds. The van der Waals surface area contributed by atoms with Crippen molar-refractivity contribution in [1.29, 1.82) is 0 Å². The van der Waals surface area contributed by atoms with Crippen LogP contribution in [0.1, 0.15) is 53.2 Å². The van der Waals surface area contributed by atoms with Crippen LogP contribution < -0.4 is 20.9 Å². The molecular formula is C21H39IN6O2. The third kappa shape index (κ3) is 9.82. The van der Waals surface area contributed by atoms with E-state index in [0.717, 1.165) is 24.4 Å². The van der Waals surface area contributed by atoms with Gasteiger partial charge in [0.05, 0.1) is 17.8 Å². The Morgan fingerprint density at radius 3 is 2.30 bits per heavy atom. The van der Waals surface area contributed by atoms with E-state index >= 15 is 0 Å². The molecule has 3 N–H and O–H groups in total. The maximum Gasteiger partial charge on any atom is 0.408 e. The van der Waals surface area contributed by atoms with Gasteiger partial charge in [-0.1, -0.05) is 19.9 Å². The Morgan fingerprint density at radius 2 is 1.80 bits per heavy atom. The molecule has 1 rings (SSSR count). The number of nitrogens with one attached hydrogen (secondary N) is 3. The summed E-state index contributed by atoms with van der Waals surface area (Å²) in [6.07, 6.45) is 1.12. The maximum atomic E-state index is 12.3. The summed E-state index contributed by atoms with van der Waals surface area (Å²) in [5, 5.41) is 9.63. The number of pyridine rings is 1. The highest BCUT2D eigenvalue weighted by Crippen LogP contribution is 2.16. The molecule has 1 aromatic rings. The zero-order valence-corrected chi connectivity index (χ0v) is 22.0. The van der Waals surface area contributed by atoms with E-state index in [2.05, 4.69) is 39.8 Å². The van der Waals surface area contributed by atoms with Gasteiger partial charge in [-0.2, -0.15) is 0 Å². The first-order valence-electron chi connectivity index (χ1n) is 10.1. The SMILES string of the molecule is CCC(CC)(CNC(=NC)NCc1cccc(N(C)C)n1)NC(=O)OC(C)(C)C.I. The van der Waals surface area contributed by atoms with Crippen LogP contribution in [0.3, 0.4) is 0 Å². The number of anilines is 1. The Balaban J connectivity index is 0.00000841. The highest BCUT2D eigenvalue weighted by molar-refractivity contribution is 14.0. The molecule has 0 bridgehead atoms. The lowest BCUT2D eigenvalue weighted by molar-refractivity contribution is 0.0448. The number of nitrogens with zero attached hydrogens (tertiary/aromatic N) is 3. The summed E-state index contributed by atoms with van der Waals surface area (Å²) in [4.78, 5) is 23.1. The minimum Gasteiger partial charge on any atom is -0.444 e. The number of amides is 1. The molecule has 0 spiro atoms. The number of alkyl carbamates (subject to hydrolysis) is 1. The van der Waals surface area contributed by atoms with Gasteiger partial charge in [0.15, 0.2) is 5.96 Å². The second-order valence-electron chi connectivity index (χ2n) is 8.28. The summed E-state index contributed by atoms with van der Waals surface area (Å²) in [5.41, 5.74) is -0.0392. The lowest BCUT2D eigenvalue weighted by atomic mass is 9.93. The highest BCUT2D eigenvalue weighted by atomic mass is 127. The van der Waals surface area contributed by atoms with Gasteiger partial charge < -0.3 is 25.6 Å². The van der Waals surface area contributed by atoms with Crippen molar-refractivity contribution >= 4 is 41.8 Å². The number of hydrogen-bond acceptors (Lipinski definition) is 5. The molecule has 0 aliphatic rings.